The fourth-order valence-corrected chi connectivity index (χ4v) is 10.4. The number of anilines is 6. The van der Waals surface area contributed by atoms with Crippen LogP contribution in [0.4, 0.5) is 34.1 Å². The van der Waals surface area contributed by atoms with E-state index in [0.717, 1.165) is 22.7 Å². The quantitative estimate of drug-likeness (QED) is 0.141. The van der Waals surface area contributed by atoms with Crippen LogP contribution in [-0.4, -0.2) is 0 Å². The fourth-order valence-electron chi connectivity index (χ4n) is 10.4. The Hall–Kier alpha value is -6.90. The van der Waals surface area contributed by atoms with Gasteiger partial charge in [-0.15, -0.1) is 0 Å². The van der Waals surface area contributed by atoms with Gasteiger partial charge in [-0.3, -0.25) is 0 Å². The van der Waals surface area contributed by atoms with Crippen LogP contribution < -0.4 is 9.80 Å². The maximum Gasteiger partial charge on any atom is 0.0465 e. The molecule has 0 unspecified atom stereocenters. The first kappa shape index (κ1) is 43.0. The normalized spacial score (nSPS) is 14.4. The number of hydrogen-bond donors (Lipinski definition) is 0. The number of fused-ring (bicyclic) bond motifs is 6. The highest BCUT2D eigenvalue weighted by Crippen LogP contribution is 2.53. The highest BCUT2D eigenvalue weighted by Gasteiger charge is 2.38. The number of para-hydroxylation sites is 2. The Morgan fingerprint density at radius 1 is 0.318 bits per heavy atom. The second-order valence-corrected chi connectivity index (χ2v) is 21.6. The first-order valence-electron chi connectivity index (χ1n) is 23.7. The lowest BCUT2D eigenvalue weighted by atomic mass is 9.81. The topological polar surface area (TPSA) is 6.48 Å². The summed E-state index contributed by atoms with van der Waals surface area (Å²) in [6, 6.07) is 67.8. The summed E-state index contributed by atoms with van der Waals surface area (Å²) in [5.74, 6) is 0. The van der Waals surface area contributed by atoms with Crippen LogP contribution >= 0.6 is 0 Å². The number of benzene rings is 8. The fraction of sp³-hybridized carbons (Fsp3) is 0.219. The predicted molar refractivity (Wildman–Crippen MR) is 284 cm³/mol. The molecule has 2 aliphatic carbocycles. The zero-order valence-corrected chi connectivity index (χ0v) is 40.4. The number of nitrogens with zero attached hydrogens (tertiary/aromatic N) is 2. The molecule has 8 aromatic carbocycles. The van der Waals surface area contributed by atoms with E-state index in [1.807, 2.05) is 0 Å². The van der Waals surface area contributed by atoms with E-state index in [-0.39, 0.29) is 21.7 Å². The van der Waals surface area contributed by atoms with Gasteiger partial charge in [0.15, 0.2) is 0 Å². The lowest BCUT2D eigenvalue weighted by Gasteiger charge is -2.29. The van der Waals surface area contributed by atoms with Gasteiger partial charge in [-0.05, 0) is 150 Å². The lowest BCUT2D eigenvalue weighted by molar-refractivity contribution is 0.590. The molecular formula is C64H62N2. The first-order valence-corrected chi connectivity index (χ1v) is 23.7. The molecule has 8 aromatic rings. The van der Waals surface area contributed by atoms with E-state index in [1.165, 1.54) is 78.1 Å². The van der Waals surface area contributed by atoms with E-state index in [4.69, 9.17) is 0 Å². The van der Waals surface area contributed by atoms with Crippen LogP contribution in [0.1, 0.15) is 114 Å². The standard InChI is InChI=1S/C64H62N2/c1-61(2,3)45-25-29-49(30-26-45)65(47-17-13-11-14-18-47)51-33-37-55-53-35-23-43(39-57(53)63(7,8)59(55)41-51)21-22-44-24-36-54-56-38-34-52(42-60(56)64(9,10)58(54)40-44)66(48-19-15-12-16-20-48)50-31-27-46(28-32-50)62(4,5)6/h11-42H,1-10H3. The van der Waals surface area contributed by atoms with Crippen molar-refractivity contribution in [3.8, 4) is 22.3 Å². The van der Waals surface area contributed by atoms with Gasteiger partial charge in [0.05, 0.1) is 0 Å². The van der Waals surface area contributed by atoms with Crippen molar-refractivity contribution in [2.45, 2.75) is 90.9 Å². The summed E-state index contributed by atoms with van der Waals surface area (Å²) in [5.41, 5.74) is 22.6. The summed E-state index contributed by atoms with van der Waals surface area (Å²) in [7, 11) is 0. The van der Waals surface area contributed by atoms with Gasteiger partial charge in [0, 0.05) is 45.0 Å². The highest BCUT2D eigenvalue weighted by molar-refractivity contribution is 5.89. The molecule has 0 aromatic heterocycles. The van der Waals surface area contributed by atoms with Crippen LogP contribution in [0, 0.1) is 0 Å². The minimum absolute atomic E-state index is 0.0936. The molecule has 0 N–H and O–H groups in total. The van der Waals surface area contributed by atoms with Gasteiger partial charge < -0.3 is 9.80 Å². The summed E-state index contributed by atoms with van der Waals surface area (Å²) in [5, 5.41) is 0. The molecule has 10 rings (SSSR count). The zero-order chi connectivity index (χ0) is 46.2. The third-order valence-corrected chi connectivity index (χ3v) is 14.4. The van der Waals surface area contributed by atoms with Gasteiger partial charge in [-0.2, -0.15) is 0 Å². The van der Waals surface area contributed by atoms with Gasteiger partial charge >= 0.3 is 0 Å². The second-order valence-electron chi connectivity index (χ2n) is 21.6. The average Bonchev–Trinajstić information content (AvgIpc) is 3.67. The Kier molecular flexibility index (Phi) is 10.4. The van der Waals surface area contributed by atoms with Crippen LogP contribution in [0.3, 0.4) is 0 Å². The van der Waals surface area contributed by atoms with Crippen molar-refractivity contribution in [1.29, 1.82) is 0 Å². The Morgan fingerprint density at radius 3 is 0.939 bits per heavy atom. The molecule has 0 saturated heterocycles. The molecule has 0 amide bonds. The molecule has 2 heteroatoms. The Balaban J connectivity index is 0.930. The molecule has 0 atom stereocenters. The van der Waals surface area contributed by atoms with E-state index in [2.05, 4.69) is 273 Å². The van der Waals surface area contributed by atoms with Crippen molar-refractivity contribution >= 4 is 46.3 Å². The first-order chi connectivity index (χ1) is 31.5. The van der Waals surface area contributed by atoms with Gasteiger partial charge in [0.25, 0.3) is 0 Å². The molecule has 66 heavy (non-hydrogen) atoms. The highest BCUT2D eigenvalue weighted by atomic mass is 15.1. The minimum atomic E-state index is -0.169. The van der Waals surface area contributed by atoms with E-state index in [9.17, 15) is 0 Å². The summed E-state index contributed by atoms with van der Waals surface area (Å²) in [4.78, 5) is 4.78. The van der Waals surface area contributed by atoms with Crippen LogP contribution in [0.15, 0.2) is 182 Å². The Labute approximate surface area is 393 Å². The van der Waals surface area contributed by atoms with E-state index in [1.54, 1.807) is 0 Å². The molecular weight excluding hydrogens is 797 g/mol. The molecule has 0 aliphatic heterocycles. The molecule has 0 spiro atoms. The monoisotopic (exact) mass is 858 g/mol. The molecule has 2 aliphatic rings. The summed E-state index contributed by atoms with van der Waals surface area (Å²) >= 11 is 0. The van der Waals surface area contributed by atoms with Crippen molar-refractivity contribution in [3.63, 3.8) is 0 Å². The third-order valence-electron chi connectivity index (χ3n) is 14.4. The van der Waals surface area contributed by atoms with Crippen LogP contribution in [-0.2, 0) is 21.7 Å². The van der Waals surface area contributed by atoms with Crippen LogP contribution in [0.2, 0.25) is 0 Å². The number of rotatable bonds is 8. The molecule has 0 bridgehead atoms. The van der Waals surface area contributed by atoms with Crippen LogP contribution in [0.25, 0.3) is 34.4 Å². The van der Waals surface area contributed by atoms with E-state index < -0.39 is 0 Å². The van der Waals surface area contributed by atoms with Gasteiger partial charge in [0.2, 0.25) is 0 Å². The maximum atomic E-state index is 2.42. The maximum absolute atomic E-state index is 2.42. The lowest BCUT2D eigenvalue weighted by Crippen LogP contribution is -2.17. The second kappa shape index (κ2) is 15.9. The molecule has 2 nitrogen and oxygen atoms in total. The summed E-state index contributed by atoms with van der Waals surface area (Å²) in [6.07, 6.45) is 4.58. The van der Waals surface area contributed by atoms with Gasteiger partial charge in [-0.25, -0.2) is 0 Å². The third kappa shape index (κ3) is 7.57. The summed E-state index contributed by atoms with van der Waals surface area (Å²) < 4.78 is 0. The molecule has 0 radical (unpaired) electrons. The van der Waals surface area contributed by atoms with Crippen molar-refractivity contribution in [2.24, 2.45) is 0 Å². The van der Waals surface area contributed by atoms with Crippen molar-refractivity contribution in [3.05, 3.63) is 226 Å². The summed E-state index contributed by atoms with van der Waals surface area (Å²) in [6.45, 7) is 23.2. The molecule has 0 heterocycles. The zero-order valence-electron chi connectivity index (χ0n) is 40.4. The largest absolute Gasteiger partial charge is 0.310 e. The molecule has 0 saturated carbocycles. The van der Waals surface area contributed by atoms with E-state index in [0.29, 0.717) is 0 Å². The number of hydrogen-bond acceptors (Lipinski definition) is 2. The minimum Gasteiger partial charge on any atom is -0.310 e. The van der Waals surface area contributed by atoms with Crippen molar-refractivity contribution in [1.82, 2.24) is 0 Å². The van der Waals surface area contributed by atoms with Crippen molar-refractivity contribution < 1.29 is 0 Å². The Bertz CT molecular complexity index is 2900. The Morgan fingerprint density at radius 2 is 0.606 bits per heavy atom. The van der Waals surface area contributed by atoms with Crippen molar-refractivity contribution in [2.75, 3.05) is 9.80 Å². The van der Waals surface area contributed by atoms with Crippen LogP contribution in [0.5, 0.6) is 0 Å². The smallest absolute Gasteiger partial charge is 0.0465 e. The average molecular weight is 859 g/mol. The van der Waals surface area contributed by atoms with Gasteiger partial charge in [-0.1, -0.05) is 191 Å². The molecule has 0 fully saturated rings. The van der Waals surface area contributed by atoms with Gasteiger partial charge in [0.1, 0.15) is 0 Å². The SMILES string of the molecule is CC(C)(C)c1ccc(N(c2ccccc2)c2ccc3c(c2)C(C)(C)c2cc(C=Cc4ccc5c(c4)C(C)(C)c4cc(N(c6ccccc6)c6ccc(C(C)(C)C)cc6)ccc4-5)ccc2-3)cc1. The molecule has 328 valence electrons. The van der Waals surface area contributed by atoms with E-state index >= 15 is 0 Å². The predicted octanol–water partition coefficient (Wildman–Crippen LogP) is 18.0.